The standard InChI is InChI=1S/C13H16F2N4O/c1-9(16-7-12-17-8-19(2)18-12)10-3-5-11(6-4-10)20-13(14)15/h3-6,8-9,13,16H,7H2,1-2H3. The Morgan fingerprint density at radius 1 is 1.30 bits per heavy atom. The molecule has 20 heavy (non-hydrogen) atoms. The minimum atomic E-state index is -2.80. The number of nitrogens with zero attached hydrogens (tertiary/aromatic N) is 3. The van der Waals surface area contributed by atoms with E-state index in [-0.39, 0.29) is 11.8 Å². The molecule has 1 heterocycles. The summed E-state index contributed by atoms with van der Waals surface area (Å²) in [5.74, 6) is 0.861. The first-order valence-corrected chi connectivity index (χ1v) is 6.17. The number of benzene rings is 1. The number of hydrogen-bond donors (Lipinski definition) is 1. The second-order valence-corrected chi connectivity index (χ2v) is 4.38. The van der Waals surface area contributed by atoms with E-state index < -0.39 is 6.61 Å². The van der Waals surface area contributed by atoms with E-state index in [1.165, 1.54) is 12.1 Å². The molecular formula is C13H16F2N4O. The number of ether oxygens (including phenoxy) is 1. The van der Waals surface area contributed by atoms with E-state index in [2.05, 4.69) is 20.1 Å². The van der Waals surface area contributed by atoms with Crippen LogP contribution in [0.2, 0.25) is 0 Å². The van der Waals surface area contributed by atoms with Crippen molar-refractivity contribution in [2.75, 3.05) is 0 Å². The van der Waals surface area contributed by atoms with E-state index in [1.54, 1.807) is 23.1 Å². The normalized spacial score (nSPS) is 12.7. The molecule has 1 aromatic carbocycles. The molecular weight excluding hydrogens is 266 g/mol. The predicted molar refractivity (Wildman–Crippen MR) is 69.3 cm³/mol. The fourth-order valence-corrected chi connectivity index (χ4v) is 1.77. The van der Waals surface area contributed by atoms with Crippen LogP contribution in [0.15, 0.2) is 30.6 Å². The number of halogens is 2. The quantitative estimate of drug-likeness (QED) is 0.883. The minimum absolute atomic E-state index is 0.0550. The summed E-state index contributed by atoms with van der Waals surface area (Å²) in [4.78, 5) is 4.11. The van der Waals surface area contributed by atoms with Gasteiger partial charge < -0.3 is 10.1 Å². The Morgan fingerprint density at radius 3 is 2.55 bits per heavy atom. The molecule has 5 nitrogen and oxygen atoms in total. The first-order chi connectivity index (χ1) is 9.54. The Hall–Kier alpha value is -2.02. The van der Waals surface area contributed by atoms with Crippen molar-refractivity contribution >= 4 is 0 Å². The first kappa shape index (κ1) is 14.4. The van der Waals surface area contributed by atoms with Crippen molar-refractivity contribution in [3.05, 3.63) is 42.0 Å². The monoisotopic (exact) mass is 282 g/mol. The van der Waals surface area contributed by atoms with Crippen molar-refractivity contribution in [2.45, 2.75) is 26.1 Å². The number of aromatic nitrogens is 3. The molecule has 0 spiro atoms. The van der Waals surface area contributed by atoms with Crippen molar-refractivity contribution < 1.29 is 13.5 Å². The van der Waals surface area contributed by atoms with Crippen molar-refractivity contribution in [3.8, 4) is 5.75 Å². The summed E-state index contributed by atoms with van der Waals surface area (Å²) in [7, 11) is 1.81. The SMILES string of the molecule is CC(NCc1ncn(C)n1)c1ccc(OC(F)F)cc1. The molecule has 1 atom stereocenters. The number of rotatable bonds is 6. The third kappa shape index (κ3) is 3.99. The van der Waals surface area contributed by atoms with Crippen molar-refractivity contribution in [1.82, 2.24) is 20.1 Å². The summed E-state index contributed by atoms with van der Waals surface area (Å²) < 4.78 is 30.0. The van der Waals surface area contributed by atoms with Crippen LogP contribution in [0.25, 0.3) is 0 Å². The molecule has 1 unspecified atom stereocenters. The van der Waals surface area contributed by atoms with E-state index in [0.717, 1.165) is 5.56 Å². The molecule has 2 rings (SSSR count). The van der Waals surface area contributed by atoms with Gasteiger partial charge in [-0.15, -0.1) is 0 Å². The highest BCUT2D eigenvalue weighted by Crippen LogP contribution is 2.19. The molecule has 2 aromatic rings. The fourth-order valence-electron chi connectivity index (χ4n) is 1.77. The number of hydrogen-bond acceptors (Lipinski definition) is 4. The number of aryl methyl sites for hydroxylation is 1. The maximum absolute atomic E-state index is 12.0. The average Bonchev–Trinajstić information content (AvgIpc) is 2.82. The summed E-state index contributed by atoms with van der Waals surface area (Å²) in [5.41, 5.74) is 0.975. The Labute approximate surface area is 115 Å². The molecule has 7 heteroatoms. The van der Waals surface area contributed by atoms with Gasteiger partial charge in [0.1, 0.15) is 12.1 Å². The molecule has 0 aliphatic carbocycles. The molecule has 0 aliphatic rings. The summed E-state index contributed by atoms with van der Waals surface area (Å²) >= 11 is 0. The summed E-state index contributed by atoms with van der Waals surface area (Å²) in [5, 5.41) is 7.42. The zero-order valence-corrected chi connectivity index (χ0v) is 11.3. The Morgan fingerprint density at radius 2 is 2.00 bits per heavy atom. The fraction of sp³-hybridized carbons (Fsp3) is 0.385. The lowest BCUT2D eigenvalue weighted by molar-refractivity contribution is -0.0498. The van der Waals surface area contributed by atoms with Gasteiger partial charge in [-0.25, -0.2) is 4.98 Å². The lowest BCUT2D eigenvalue weighted by Crippen LogP contribution is -2.19. The summed E-state index contributed by atoms with van der Waals surface area (Å²) in [6.07, 6.45) is 1.64. The van der Waals surface area contributed by atoms with Gasteiger partial charge in [0.05, 0.1) is 6.54 Å². The molecule has 0 fully saturated rings. The first-order valence-electron chi connectivity index (χ1n) is 6.17. The van der Waals surface area contributed by atoms with Crippen LogP contribution in [0.3, 0.4) is 0 Å². The molecule has 0 amide bonds. The van der Waals surface area contributed by atoms with Crippen LogP contribution in [-0.4, -0.2) is 21.4 Å². The second kappa shape index (κ2) is 6.42. The molecule has 1 N–H and O–H groups in total. The maximum Gasteiger partial charge on any atom is 0.387 e. The van der Waals surface area contributed by atoms with Gasteiger partial charge in [-0.2, -0.15) is 13.9 Å². The summed E-state index contributed by atoms with van der Waals surface area (Å²) in [6, 6.07) is 6.61. The van der Waals surface area contributed by atoms with E-state index in [1.807, 2.05) is 14.0 Å². The number of alkyl halides is 2. The van der Waals surface area contributed by atoms with Crippen LogP contribution >= 0.6 is 0 Å². The third-order valence-electron chi connectivity index (χ3n) is 2.82. The molecule has 0 saturated heterocycles. The second-order valence-electron chi connectivity index (χ2n) is 4.38. The van der Waals surface area contributed by atoms with Crippen LogP contribution < -0.4 is 10.1 Å². The Balaban J connectivity index is 1.90. The highest BCUT2D eigenvalue weighted by Gasteiger charge is 2.08. The highest BCUT2D eigenvalue weighted by molar-refractivity contribution is 5.28. The number of nitrogens with one attached hydrogen (secondary N) is 1. The van der Waals surface area contributed by atoms with Gasteiger partial charge in [-0.3, -0.25) is 4.68 Å². The smallest absolute Gasteiger partial charge is 0.387 e. The van der Waals surface area contributed by atoms with Gasteiger partial charge >= 0.3 is 6.61 Å². The van der Waals surface area contributed by atoms with Crippen LogP contribution in [0.4, 0.5) is 8.78 Å². The summed E-state index contributed by atoms with van der Waals surface area (Å²) in [6.45, 7) is -0.282. The van der Waals surface area contributed by atoms with Crippen LogP contribution in [-0.2, 0) is 13.6 Å². The Bertz CT molecular complexity index is 542. The lowest BCUT2D eigenvalue weighted by atomic mass is 10.1. The van der Waals surface area contributed by atoms with Gasteiger partial charge in [0.25, 0.3) is 0 Å². The predicted octanol–water partition coefficient (Wildman–Crippen LogP) is 2.27. The van der Waals surface area contributed by atoms with E-state index in [0.29, 0.717) is 12.4 Å². The largest absolute Gasteiger partial charge is 0.435 e. The molecule has 0 aliphatic heterocycles. The van der Waals surface area contributed by atoms with Crippen molar-refractivity contribution in [1.29, 1.82) is 0 Å². The van der Waals surface area contributed by atoms with Crippen LogP contribution in [0, 0.1) is 0 Å². The van der Waals surface area contributed by atoms with Gasteiger partial charge in [0.15, 0.2) is 5.82 Å². The van der Waals surface area contributed by atoms with E-state index >= 15 is 0 Å². The molecule has 1 aromatic heterocycles. The lowest BCUT2D eigenvalue weighted by Gasteiger charge is -2.13. The van der Waals surface area contributed by atoms with Gasteiger partial charge in [0, 0.05) is 13.1 Å². The molecule has 0 bridgehead atoms. The van der Waals surface area contributed by atoms with Crippen LogP contribution in [0.1, 0.15) is 24.4 Å². The minimum Gasteiger partial charge on any atom is -0.435 e. The molecule has 0 radical (unpaired) electrons. The maximum atomic E-state index is 12.0. The molecule has 108 valence electrons. The van der Waals surface area contributed by atoms with Crippen LogP contribution in [0.5, 0.6) is 5.75 Å². The average molecular weight is 282 g/mol. The topological polar surface area (TPSA) is 52.0 Å². The Kier molecular flexibility index (Phi) is 4.62. The van der Waals surface area contributed by atoms with Crippen molar-refractivity contribution in [2.24, 2.45) is 7.05 Å². The molecule has 0 saturated carbocycles. The van der Waals surface area contributed by atoms with E-state index in [4.69, 9.17) is 0 Å². The van der Waals surface area contributed by atoms with E-state index in [9.17, 15) is 8.78 Å². The zero-order chi connectivity index (χ0) is 14.5. The van der Waals surface area contributed by atoms with Crippen molar-refractivity contribution in [3.63, 3.8) is 0 Å². The highest BCUT2D eigenvalue weighted by atomic mass is 19.3. The van der Waals surface area contributed by atoms with Gasteiger partial charge in [-0.1, -0.05) is 12.1 Å². The zero-order valence-electron chi connectivity index (χ0n) is 11.3. The third-order valence-corrected chi connectivity index (χ3v) is 2.82. The van der Waals surface area contributed by atoms with Gasteiger partial charge in [-0.05, 0) is 24.6 Å². The van der Waals surface area contributed by atoms with Gasteiger partial charge in [0.2, 0.25) is 0 Å².